The molecule has 1 aliphatic carbocycles. The molecule has 1 atom stereocenters. The zero-order valence-electron chi connectivity index (χ0n) is 14.0. The van der Waals surface area contributed by atoms with E-state index in [0.29, 0.717) is 42.9 Å². The van der Waals surface area contributed by atoms with Crippen molar-refractivity contribution in [2.45, 2.75) is 56.9 Å². The summed E-state index contributed by atoms with van der Waals surface area (Å²) in [5.41, 5.74) is 0. The predicted molar refractivity (Wildman–Crippen MR) is 90.1 cm³/mol. The quantitative estimate of drug-likeness (QED) is 0.839. The summed E-state index contributed by atoms with van der Waals surface area (Å²) in [4.78, 5) is 30.7. The molecule has 24 heavy (non-hydrogen) atoms. The van der Waals surface area contributed by atoms with Crippen LogP contribution in [0.1, 0.15) is 50.2 Å². The number of hydrogen-bond acceptors (Lipinski definition) is 6. The maximum absolute atomic E-state index is 12.4. The molecule has 0 aromatic carbocycles. The van der Waals surface area contributed by atoms with Gasteiger partial charge in [0.1, 0.15) is 0 Å². The van der Waals surface area contributed by atoms with Crippen LogP contribution in [0.25, 0.3) is 0 Å². The van der Waals surface area contributed by atoms with Crippen molar-refractivity contribution >= 4 is 23.6 Å². The van der Waals surface area contributed by atoms with Gasteiger partial charge < -0.3 is 14.7 Å². The normalized spacial score (nSPS) is 22.1. The van der Waals surface area contributed by atoms with Gasteiger partial charge in [-0.3, -0.25) is 9.59 Å². The van der Waals surface area contributed by atoms with Crippen LogP contribution in [0.15, 0.2) is 4.52 Å². The molecule has 0 radical (unpaired) electrons. The molecule has 1 saturated carbocycles. The molecular weight excluding hydrogens is 328 g/mol. The molecule has 1 aromatic rings. The molecule has 0 bridgehead atoms. The Hall–Kier alpha value is -1.57. The van der Waals surface area contributed by atoms with E-state index in [9.17, 15) is 9.59 Å². The highest BCUT2D eigenvalue weighted by Gasteiger charge is 2.35. The van der Waals surface area contributed by atoms with Crippen molar-refractivity contribution in [2.75, 3.05) is 12.8 Å². The number of amides is 2. The summed E-state index contributed by atoms with van der Waals surface area (Å²) in [6.07, 6.45) is 7.56. The fourth-order valence-electron chi connectivity index (χ4n) is 3.51. The number of carbonyl (C=O) groups is 2. The summed E-state index contributed by atoms with van der Waals surface area (Å²) in [5, 5.41) is 6.73. The molecule has 3 rings (SSSR count). The molecular formula is C16H24N4O3S. The fraction of sp³-hybridized carbons (Fsp3) is 0.750. The molecule has 2 heterocycles. The highest BCUT2D eigenvalue weighted by atomic mass is 32.2. The smallest absolute Gasteiger partial charge is 0.246 e. The Bertz CT molecular complexity index is 586. The average molecular weight is 352 g/mol. The van der Waals surface area contributed by atoms with Gasteiger partial charge >= 0.3 is 0 Å². The summed E-state index contributed by atoms with van der Waals surface area (Å²) < 4.78 is 5.12. The molecule has 1 N–H and O–H groups in total. The Morgan fingerprint density at radius 2 is 2.17 bits per heavy atom. The Balaban J connectivity index is 1.51. The maximum Gasteiger partial charge on any atom is 0.246 e. The Labute approximate surface area is 145 Å². The SMILES string of the molecule is CSCc1noc(CNC(=O)[C@@H]2CCC(=O)N(C3CCCC3)C2)n1. The van der Waals surface area contributed by atoms with E-state index < -0.39 is 0 Å². The van der Waals surface area contributed by atoms with Crippen LogP contribution in [-0.2, 0) is 21.9 Å². The number of piperidine rings is 1. The predicted octanol–water partition coefficient (Wildman–Crippen LogP) is 1.73. The monoisotopic (exact) mass is 352 g/mol. The Morgan fingerprint density at radius 3 is 2.92 bits per heavy atom. The van der Waals surface area contributed by atoms with Crippen molar-refractivity contribution in [1.82, 2.24) is 20.4 Å². The molecule has 2 aliphatic rings. The zero-order chi connectivity index (χ0) is 16.9. The van der Waals surface area contributed by atoms with Gasteiger partial charge in [0.2, 0.25) is 17.7 Å². The highest BCUT2D eigenvalue weighted by Crippen LogP contribution is 2.28. The average Bonchev–Trinajstić information content (AvgIpc) is 3.25. The van der Waals surface area contributed by atoms with Crippen molar-refractivity contribution in [3.63, 3.8) is 0 Å². The number of nitrogens with zero attached hydrogens (tertiary/aromatic N) is 3. The minimum absolute atomic E-state index is 0.0323. The first-order chi connectivity index (χ1) is 11.7. The van der Waals surface area contributed by atoms with Crippen molar-refractivity contribution in [2.24, 2.45) is 5.92 Å². The standard InChI is InChI=1S/C16H24N4O3S/c1-24-10-13-18-14(23-19-13)8-17-16(22)11-6-7-15(21)20(9-11)12-4-2-3-5-12/h11-12H,2-10H2,1H3,(H,17,22)/t11-/m1/s1. The van der Waals surface area contributed by atoms with E-state index in [4.69, 9.17) is 4.52 Å². The first kappa shape index (κ1) is 17.3. The second-order valence-corrected chi connectivity index (χ2v) is 7.34. The van der Waals surface area contributed by atoms with Crippen LogP contribution in [0.5, 0.6) is 0 Å². The van der Waals surface area contributed by atoms with Crippen LogP contribution in [0, 0.1) is 5.92 Å². The first-order valence-electron chi connectivity index (χ1n) is 8.55. The van der Waals surface area contributed by atoms with Crippen LogP contribution in [0.3, 0.4) is 0 Å². The van der Waals surface area contributed by atoms with E-state index in [1.54, 1.807) is 11.8 Å². The molecule has 0 unspecified atom stereocenters. The van der Waals surface area contributed by atoms with Gasteiger partial charge in [0, 0.05) is 19.0 Å². The minimum Gasteiger partial charge on any atom is -0.347 e. The van der Waals surface area contributed by atoms with Gasteiger partial charge in [0.05, 0.1) is 18.2 Å². The third-order valence-corrected chi connectivity index (χ3v) is 5.32. The van der Waals surface area contributed by atoms with E-state index >= 15 is 0 Å². The van der Waals surface area contributed by atoms with Gasteiger partial charge in [-0.25, -0.2) is 0 Å². The van der Waals surface area contributed by atoms with Crippen molar-refractivity contribution < 1.29 is 14.1 Å². The lowest BCUT2D eigenvalue weighted by atomic mass is 9.95. The van der Waals surface area contributed by atoms with E-state index in [0.717, 1.165) is 12.8 Å². The fourth-order valence-corrected chi connectivity index (χ4v) is 3.89. The topological polar surface area (TPSA) is 88.3 Å². The lowest BCUT2D eigenvalue weighted by molar-refractivity contribution is -0.140. The highest BCUT2D eigenvalue weighted by molar-refractivity contribution is 7.97. The lowest BCUT2D eigenvalue weighted by Gasteiger charge is -2.36. The molecule has 2 amide bonds. The van der Waals surface area contributed by atoms with Crippen LogP contribution in [0.4, 0.5) is 0 Å². The van der Waals surface area contributed by atoms with E-state index in [-0.39, 0.29) is 24.3 Å². The molecule has 1 saturated heterocycles. The van der Waals surface area contributed by atoms with Gasteiger partial charge in [0.25, 0.3) is 0 Å². The summed E-state index contributed by atoms with van der Waals surface area (Å²) in [6.45, 7) is 0.783. The Kier molecular flexibility index (Phi) is 5.76. The zero-order valence-corrected chi connectivity index (χ0v) is 14.8. The van der Waals surface area contributed by atoms with Crippen LogP contribution >= 0.6 is 11.8 Å². The van der Waals surface area contributed by atoms with Gasteiger partial charge in [-0.15, -0.1) is 0 Å². The maximum atomic E-state index is 12.4. The van der Waals surface area contributed by atoms with Crippen molar-refractivity contribution in [1.29, 1.82) is 0 Å². The van der Waals surface area contributed by atoms with Crippen molar-refractivity contribution in [3.05, 3.63) is 11.7 Å². The number of nitrogens with one attached hydrogen (secondary N) is 1. The van der Waals surface area contributed by atoms with Gasteiger partial charge in [-0.05, 0) is 25.5 Å². The van der Waals surface area contributed by atoms with E-state index in [2.05, 4.69) is 15.5 Å². The van der Waals surface area contributed by atoms with Crippen LogP contribution in [0.2, 0.25) is 0 Å². The largest absolute Gasteiger partial charge is 0.347 e. The van der Waals surface area contributed by atoms with Gasteiger partial charge in [-0.1, -0.05) is 18.0 Å². The molecule has 8 heteroatoms. The second kappa shape index (κ2) is 8.00. The molecule has 7 nitrogen and oxygen atoms in total. The lowest BCUT2D eigenvalue weighted by Crippen LogP contribution is -2.49. The third-order valence-electron chi connectivity index (χ3n) is 4.78. The first-order valence-corrected chi connectivity index (χ1v) is 9.94. The summed E-state index contributed by atoms with van der Waals surface area (Å²) in [5.74, 6) is 1.78. The molecule has 1 aromatic heterocycles. The number of hydrogen-bond donors (Lipinski definition) is 1. The second-order valence-electron chi connectivity index (χ2n) is 6.48. The van der Waals surface area contributed by atoms with E-state index in [1.807, 2.05) is 11.2 Å². The molecule has 2 fully saturated rings. The molecule has 132 valence electrons. The Morgan fingerprint density at radius 1 is 1.38 bits per heavy atom. The summed E-state index contributed by atoms with van der Waals surface area (Å²) >= 11 is 1.62. The van der Waals surface area contributed by atoms with Crippen LogP contribution < -0.4 is 5.32 Å². The summed E-state index contributed by atoms with van der Waals surface area (Å²) in [6, 6.07) is 0.332. The minimum atomic E-state index is -0.142. The third kappa shape index (κ3) is 4.09. The van der Waals surface area contributed by atoms with Gasteiger partial charge in [-0.2, -0.15) is 16.7 Å². The van der Waals surface area contributed by atoms with Gasteiger partial charge in [0.15, 0.2) is 5.82 Å². The number of rotatable bonds is 6. The summed E-state index contributed by atoms with van der Waals surface area (Å²) in [7, 11) is 0. The molecule has 0 spiro atoms. The molecule has 1 aliphatic heterocycles. The van der Waals surface area contributed by atoms with Crippen LogP contribution in [-0.4, -0.2) is 45.7 Å². The van der Waals surface area contributed by atoms with E-state index in [1.165, 1.54) is 12.8 Å². The number of carbonyl (C=O) groups excluding carboxylic acids is 2. The van der Waals surface area contributed by atoms with Crippen molar-refractivity contribution in [3.8, 4) is 0 Å². The number of likely N-dealkylation sites (tertiary alicyclic amines) is 1. The number of aromatic nitrogens is 2. The number of thioether (sulfide) groups is 1.